The number of aromatic nitrogens is 4. The van der Waals surface area contributed by atoms with Gasteiger partial charge in [-0.1, -0.05) is 0 Å². The number of nitrogens with zero attached hydrogens (tertiary/aromatic N) is 4. The second kappa shape index (κ2) is 6.25. The molecule has 3 aromatic heterocycles. The zero-order valence-corrected chi connectivity index (χ0v) is 13.3. The predicted octanol–water partition coefficient (Wildman–Crippen LogP) is 3.02. The Morgan fingerprint density at radius 2 is 2.17 bits per heavy atom. The Labute approximate surface area is 135 Å². The van der Waals surface area contributed by atoms with Gasteiger partial charge in [-0.2, -0.15) is 5.10 Å². The predicted molar refractivity (Wildman–Crippen MR) is 83.1 cm³/mol. The molecular formula is C15H13FN4O2S. The van der Waals surface area contributed by atoms with Crippen LogP contribution in [0.3, 0.4) is 0 Å². The smallest absolute Gasteiger partial charge is 0.342 e. The second-order valence-corrected chi connectivity index (χ2v) is 5.87. The molecule has 0 aromatic carbocycles. The van der Waals surface area contributed by atoms with Crippen LogP contribution in [0.1, 0.15) is 22.3 Å². The zero-order valence-electron chi connectivity index (χ0n) is 12.5. The SMILES string of the molecule is CCOC(=O)c1cn(-c2ccc(F)cn2)nc1-c1cnc(C)s1. The highest BCUT2D eigenvalue weighted by Gasteiger charge is 2.21. The van der Waals surface area contributed by atoms with E-state index in [9.17, 15) is 9.18 Å². The van der Waals surface area contributed by atoms with Crippen molar-refractivity contribution < 1.29 is 13.9 Å². The molecular weight excluding hydrogens is 319 g/mol. The van der Waals surface area contributed by atoms with Crippen LogP contribution in [0.15, 0.2) is 30.7 Å². The van der Waals surface area contributed by atoms with Crippen LogP contribution in [-0.4, -0.2) is 32.3 Å². The summed E-state index contributed by atoms with van der Waals surface area (Å²) in [6.07, 6.45) is 4.29. The number of carbonyl (C=O) groups is 1. The maximum atomic E-state index is 13.0. The number of esters is 1. The highest BCUT2D eigenvalue weighted by atomic mass is 32.1. The van der Waals surface area contributed by atoms with E-state index in [-0.39, 0.29) is 6.61 Å². The van der Waals surface area contributed by atoms with Gasteiger partial charge in [-0.15, -0.1) is 11.3 Å². The van der Waals surface area contributed by atoms with E-state index < -0.39 is 11.8 Å². The van der Waals surface area contributed by atoms with Gasteiger partial charge in [-0.25, -0.2) is 23.8 Å². The first kappa shape index (κ1) is 15.3. The lowest BCUT2D eigenvalue weighted by atomic mass is 10.2. The summed E-state index contributed by atoms with van der Waals surface area (Å²) in [7, 11) is 0. The van der Waals surface area contributed by atoms with Crippen molar-refractivity contribution in [3.05, 3.63) is 47.1 Å². The van der Waals surface area contributed by atoms with Crippen LogP contribution in [0, 0.1) is 12.7 Å². The van der Waals surface area contributed by atoms with E-state index in [4.69, 9.17) is 4.74 Å². The number of hydrogen-bond donors (Lipinski definition) is 0. The van der Waals surface area contributed by atoms with E-state index in [1.807, 2.05) is 6.92 Å². The molecule has 0 bridgehead atoms. The first-order valence-corrected chi connectivity index (χ1v) is 7.71. The Morgan fingerprint density at radius 1 is 1.35 bits per heavy atom. The van der Waals surface area contributed by atoms with Gasteiger partial charge in [0, 0.05) is 12.4 Å². The number of rotatable bonds is 4. The topological polar surface area (TPSA) is 69.9 Å². The monoisotopic (exact) mass is 332 g/mol. The number of thiazole rings is 1. The summed E-state index contributed by atoms with van der Waals surface area (Å²) in [4.78, 5) is 21.1. The molecule has 0 saturated carbocycles. The minimum absolute atomic E-state index is 0.264. The zero-order chi connectivity index (χ0) is 16.4. The molecule has 0 fully saturated rings. The van der Waals surface area contributed by atoms with Crippen molar-refractivity contribution in [2.75, 3.05) is 6.61 Å². The largest absolute Gasteiger partial charge is 0.462 e. The van der Waals surface area contributed by atoms with Gasteiger partial charge in [-0.3, -0.25) is 0 Å². The van der Waals surface area contributed by atoms with E-state index >= 15 is 0 Å². The molecule has 3 rings (SSSR count). The number of hydrogen-bond acceptors (Lipinski definition) is 6. The molecule has 6 nitrogen and oxygen atoms in total. The molecule has 0 saturated heterocycles. The Hall–Kier alpha value is -2.61. The summed E-state index contributed by atoms with van der Waals surface area (Å²) in [6, 6.07) is 2.77. The molecule has 0 aliphatic rings. The van der Waals surface area contributed by atoms with Gasteiger partial charge in [0.25, 0.3) is 0 Å². The molecule has 0 spiro atoms. The summed E-state index contributed by atoms with van der Waals surface area (Å²) >= 11 is 1.43. The number of pyridine rings is 1. The molecule has 3 aromatic rings. The molecule has 0 aliphatic heterocycles. The van der Waals surface area contributed by atoms with E-state index in [1.54, 1.807) is 13.1 Å². The van der Waals surface area contributed by atoms with Gasteiger partial charge < -0.3 is 4.74 Å². The quantitative estimate of drug-likeness (QED) is 0.687. The van der Waals surface area contributed by atoms with Crippen molar-refractivity contribution in [1.29, 1.82) is 0 Å². The van der Waals surface area contributed by atoms with Gasteiger partial charge in [-0.05, 0) is 26.0 Å². The van der Waals surface area contributed by atoms with Gasteiger partial charge in [0.2, 0.25) is 0 Å². The fourth-order valence-corrected chi connectivity index (χ4v) is 2.78. The van der Waals surface area contributed by atoms with E-state index in [1.165, 1.54) is 34.3 Å². The molecule has 0 N–H and O–H groups in total. The summed E-state index contributed by atoms with van der Waals surface area (Å²) in [6.45, 7) is 3.87. The van der Waals surface area contributed by atoms with Crippen molar-refractivity contribution in [2.45, 2.75) is 13.8 Å². The highest BCUT2D eigenvalue weighted by Crippen LogP contribution is 2.28. The standard InChI is InChI=1S/C15H13FN4O2S/c1-3-22-15(21)11-8-20(13-5-4-10(16)6-18-13)19-14(11)12-7-17-9(2)23-12/h4-8H,3H2,1-2H3. The Balaban J connectivity index is 2.09. The van der Waals surface area contributed by atoms with Crippen molar-refractivity contribution in [1.82, 2.24) is 19.7 Å². The van der Waals surface area contributed by atoms with Crippen molar-refractivity contribution >= 4 is 17.3 Å². The lowest BCUT2D eigenvalue weighted by Crippen LogP contribution is -2.04. The summed E-state index contributed by atoms with van der Waals surface area (Å²) < 4.78 is 19.5. The third kappa shape index (κ3) is 3.11. The first-order valence-electron chi connectivity index (χ1n) is 6.90. The number of carbonyl (C=O) groups excluding carboxylic acids is 1. The Kier molecular flexibility index (Phi) is 4.16. The second-order valence-electron chi connectivity index (χ2n) is 4.63. The van der Waals surface area contributed by atoms with Gasteiger partial charge in [0.1, 0.15) is 17.1 Å². The third-order valence-electron chi connectivity index (χ3n) is 3.01. The van der Waals surface area contributed by atoms with Crippen LogP contribution < -0.4 is 0 Å². The molecule has 0 atom stereocenters. The molecule has 8 heteroatoms. The van der Waals surface area contributed by atoms with Crippen molar-refractivity contribution in [2.24, 2.45) is 0 Å². The average molecular weight is 332 g/mol. The lowest BCUT2D eigenvalue weighted by Gasteiger charge is -1.99. The van der Waals surface area contributed by atoms with E-state index in [0.29, 0.717) is 17.1 Å². The van der Waals surface area contributed by atoms with Crippen LogP contribution in [0.5, 0.6) is 0 Å². The Bertz CT molecular complexity index is 842. The van der Waals surface area contributed by atoms with Gasteiger partial charge >= 0.3 is 5.97 Å². The van der Waals surface area contributed by atoms with Crippen LogP contribution in [0.2, 0.25) is 0 Å². The van der Waals surface area contributed by atoms with Crippen LogP contribution in [0.4, 0.5) is 4.39 Å². The fourth-order valence-electron chi connectivity index (χ4n) is 2.01. The van der Waals surface area contributed by atoms with Gasteiger partial charge in [0.15, 0.2) is 5.82 Å². The number of aryl methyl sites for hydroxylation is 1. The average Bonchev–Trinajstić information content (AvgIpc) is 3.14. The van der Waals surface area contributed by atoms with E-state index in [0.717, 1.165) is 16.1 Å². The fraction of sp³-hybridized carbons (Fsp3) is 0.200. The molecule has 0 unspecified atom stereocenters. The van der Waals surface area contributed by atoms with Crippen molar-refractivity contribution in [3.63, 3.8) is 0 Å². The molecule has 0 aliphatic carbocycles. The highest BCUT2D eigenvalue weighted by molar-refractivity contribution is 7.15. The molecule has 3 heterocycles. The summed E-state index contributed by atoms with van der Waals surface area (Å²) in [5.74, 6) is -0.504. The van der Waals surface area contributed by atoms with Crippen LogP contribution in [0.25, 0.3) is 16.4 Å². The molecule has 118 valence electrons. The lowest BCUT2D eigenvalue weighted by molar-refractivity contribution is 0.0527. The summed E-state index contributed by atoms with van der Waals surface area (Å²) in [5.41, 5.74) is 0.793. The third-order valence-corrected chi connectivity index (χ3v) is 3.93. The number of halogens is 1. The van der Waals surface area contributed by atoms with Crippen LogP contribution >= 0.6 is 11.3 Å². The maximum Gasteiger partial charge on any atom is 0.342 e. The van der Waals surface area contributed by atoms with Gasteiger partial charge in [0.05, 0.1) is 22.7 Å². The normalized spacial score (nSPS) is 10.7. The van der Waals surface area contributed by atoms with Crippen LogP contribution in [-0.2, 0) is 4.74 Å². The summed E-state index contributed by atoms with van der Waals surface area (Å²) in [5, 5.41) is 5.26. The number of ether oxygens (including phenoxy) is 1. The molecule has 23 heavy (non-hydrogen) atoms. The minimum atomic E-state index is -0.470. The Morgan fingerprint density at radius 3 is 2.78 bits per heavy atom. The first-order chi connectivity index (χ1) is 11.1. The van der Waals surface area contributed by atoms with Crippen molar-refractivity contribution in [3.8, 4) is 16.4 Å². The molecule has 0 radical (unpaired) electrons. The molecule has 0 amide bonds. The minimum Gasteiger partial charge on any atom is -0.462 e. The van der Waals surface area contributed by atoms with E-state index in [2.05, 4.69) is 15.1 Å². The maximum absolute atomic E-state index is 13.0.